The molecule has 0 bridgehead atoms. The minimum atomic E-state index is 0. The molecule has 0 aromatic heterocycles. The van der Waals surface area contributed by atoms with Gasteiger partial charge in [-0.05, 0) is 44.9 Å². The SMILES string of the molecule is Cc1c(Cl)cccc1OCC(=O)N1CC(CN)CC1C.Cl. The summed E-state index contributed by atoms with van der Waals surface area (Å²) in [6.07, 6.45) is 0.971. The Bertz CT molecular complexity index is 497. The van der Waals surface area contributed by atoms with Crippen LogP contribution in [0.2, 0.25) is 5.02 Å². The zero-order valence-electron chi connectivity index (χ0n) is 12.3. The average Bonchev–Trinajstić information content (AvgIpc) is 2.81. The zero-order chi connectivity index (χ0) is 14.7. The van der Waals surface area contributed by atoms with Crippen molar-refractivity contribution in [3.05, 3.63) is 28.8 Å². The van der Waals surface area contributed by atoms with E-state index in [2.05, 4.69) is 6.92 Å². The Morgan fingerprint density at radius 2 is 2.24 bits per heavy atom. The fourth-order valence-corrected chi connectivity index (χ4v) is 2.79. The molecule has 1 saturated heterocycles. The van der Waals surface area contributed by atoms with Crippen LogP contribution in [-0.4, -0.2) is 36.5 Å². The van der Waals surface area contributed by atoms with Gasteiger partial charge in [0.25, 0.3) is 5.91 Å². The molecule has 0 aliphatic carbocycles. The summed E-state index contributed by atoms with van der Waals surface area (Å²) in [5.41, 5.74) is 6.53. The minimum Gasteiger partial charge on any atom is -0.483 e. The van der Waals surface area contributed by atoms with Crippen molar-refractivity contribution in [3.8, 4) is 5.75 Å². The van der Waals surface area contributed by atoms with Crippen LogP contribution in [0.3, 0.4) is 0 Å². The number of benzene rings is 1. The molecule has 0 saturated carbocycles. The zero-order valence-corrected chi connectivity index (χ0v) is 13.9. The summed E-state index contributed by atoms with van der Waals surface area (Å²) in [6, 6.07) is 5.68. The largest absolute Gasteiger partial charge is 0.483 e. The van der Waals surface area contributed by atoms with Crippen molar-refractivity contribution in [3.63, 3.8) is 0 Å². The molecule has 1 amide bonds. The molecule has 118 valence electrons. The van der Waals surface area contributed by atoms with Gasteiger partial charge in [0.05, 0.1) is 0 Å². The normalized spacial score (nSPS) is 21.0. The fourth-order valence-electron chi connectivity index (χ4n) is 2.63. The van der Waals surface area contributed by atoms with Crippen molar-refractivity contribution in [2.75, 3.05) is 19.7 Å². The molecule has 2 rings (SSSR count). The molecule has 1 heterocycles. The van der Waals surface area contributed by atoms with Crippen molar-refractivity contribution in [2.24, 2.45) is 11.7 Å². The Balaban J connectivity index is 0.00000220. The van der Waals surface area contributed by atoms with Gasteiger partial charge in [-0.1, -0.05) is 17.7 Å². The van der Waals surface area contributed by atoms with Crippen LogP contribution in [0.1, 0.15) is 18.9 Å². The van der Waals surface area contributed by atoms with E-state index in [4.69, 9.17) is 22.1 Å². The van der Waals surface area contributed by atoms with Crippen LogP contribution in [0, 0.1) is 12.8 Å². The quantitative estimate of drug-likeness (QED) is 0.922. The summed E-state index contributed by atoms with van der Waals surface area (Å²) in [5, 5.41) is 0.646. The van der Waals surface area contributed by atoms with E-state index in [1.54, 1.807) is 6.07 Å². The summed E-state index contributed by atoms with van der Waals surface area (Å²) in [7, 11) is 0. The Hall–Kier alpha value is -0.970. The molecule has 2 unspecified atom stereocenters. The van der Waals surface area contributed by atoms with E-state index in [9.17, 15) is 4.79 Å². The van der Waals surface area contributed by atoms with Crippen molar-refractivity contribution < 1.29 is 9.53 Å². The molecule has 0 spiro atoms. The molecule has 0 radical (unpaired) electrons. The molecule has 21 heavy (non-hydrogen) atoms. The number of ether oxygens (including phenoxy) is 1. The molecule has 1 aromatic rings. The summed E-state index contributed by atoms with van der Waals surface area (Å²) in [4.78, 5) is 14.1. The van der Waals surface area contributed by atoms with Crippen LogP contribution >= 0.6 is 24.0 Å². The minimum absolute atomic E-state index is 0. The lowest BCUT2D eigenvalue weighted by atomic mass is 10.1. The Morgan fingerprint density at radius 3 is 2.86 bits per heavy atom. The first kappa shape index (κ1) is 18.1. The van der Waals surface area contributed by atoms with Gasteiger partial charge in [0.15, 0.2) is 6.61 Å². The number of carbonyl (C=O) groups excluding carboxylic acids is 1. The van der Waals surface area contributed by atoms with Crippen LogP contribution in [0.25, 0.3) is 0 Å². The summed E-state index contributed by atoms with van der Waals surface area (Å²) in [5.74, 6) is 1.07. The van der Waals surface area contributed by atoms with E-state index in [1.807, 2.05) is 24.0 Å². The molecule has 1 aliphatic rings. The van der Waals surface area contributed by atoms with Gasteiger partial charge in [-0.3, -0.25) is 4.79 Å². The highest BCUT2D eigenvalue weighted by Crippen LogP contribution is 2.26. The third kappa shape index (κ3) is 4.25. The first-order valence-corrected chi connectivity index (χ1v) is 7.28. The van der Waals surface area contributed by atoms with Gasteiger partial charge in [0.1, 0.15) is 5.75 Å². The highest BCUT2D eigenvalue weighted by Gasteiger charge is 2.31. The maximum absolute atomic E-state index is 12.2. The van der Waals surface area contributed by atoms with Crippen LogP contribution in [0.4, 0.5) is 0 Å². The van der Waals surface area contributed by atoms with E-state index in [0.717, 1.165) is 18.5 Å². The summed E-state index contributed by atoms with van der Waals surface area (Å²) >= 11 is 6.03. The van der Waals surface area contributed by atoms with E-state index in [0.29, 0.717) is 23.2 Å². The molecule has 6 heteroatoms. The number of halogens is 2. The Labute approximate surface area is 137 Å². The number of likely N-dealkylation sites (tertiary alicyclic amines) is 1. The van der Waals surface area contributed by atoms with E-state index >= 15 is 0 Å². The van der Waals surface area contributed by atoms with E-state index < -0.39 is 0 Å². The number of hydrogen-bond donors (Lipinski definition) is 1. The summed E-state index contributed by atoms with van der Waals surface area (Å²) < 4.78 is 5.60. The average molecular weight is 333 g/mol. The molecular formula is C15H22Cl2N2O2. The number of amides is 1. The van der Waals surface area contributed by atoms with E-state index in [1.165, 1.54) is 0 Å². The van der Waals surface area contributed by atoms with Crippen molar-refractivity contribution in [1.82, 2.24) is 4.90 Å². The number of nitrogens with zero attached hydrogens (tertiary/aromatic N) is 1. The van der Waals surface area contributed by atoms with Gasteiger partial charge in [-0.2, -0.15) is 0 Å². The first-order valence-electron chi connectivity index (χ1n) is 6.90. The molecular weight excluding hydrogens is 311 g/mol. The van der Waals surface area contributed by atoms with Gasteiger partial charge in [0.2, 0.25) is 0 Å². The smallest absolute Gasteiger partial charge is 0.260 e. The van der Waals surface area contributed by atoms with Crippen molar-refractivity contribution >= 4 is 29.9 Å². The van der Waals surface area contributed by atoms with Gasteiger partial charge in [-0.25, -0.2) is 0 Å². The first-order chi connectivity index (χ1) is 9.52. The Kier molecular flexibility index (Phi) is 6.78. The van der Waals surface area contributed by atoms with Crippen LogP contribution < -0.4 is 10.5 Å². The van der Waals surface area contributed by atoms with Crippen LogP contribution in [0.15, 0.2) is 18.2 Å². The van der Waals surface area contributed by atoms with Crippen LogP contribution in [-0.2, 0) is 4.79 Å². The van der Waals surface area contributed by atoms with Crippen molar-refractivity contribution in [1.29, 1.82) is 0 Å². The third-order valence-electron chi connectivity index (χ3n) is 3.88. The standard InChI is InChI=1S/C15H21ClN2O2.ClH/c1-10-6-12(7-17)8-18(10)15(19)9-20-14-5-3-4-13(16)11(14)2;/h3-5,10,12H,6-9,17H2,1-2H3;1H. The molecule has 1 fully saturated rings. The lowest BCUT2D eigenvalue weighted by molar-refractivity contribution is -0.134. The highest BCUT2D eigenvalue weighted by molar-refractivity contribution is 6.31. The predicted molar refractivity (Wildman–Crippen MR) is 87.3 cm³/mol. The number of nitrogens with two attached hydrogens (primary N) is 1. The molecule has 4 nitrogen and oxygen atoms in total. The third-order valence-corrected chi connectivity index (χ3v) is 4.29. The number of carbonyl (C=O) groups is 1. The van der Waals surface area contributed by atoms with Gasteiger partial charge in [0, 0.05) is 23.2 Å². The second-order valence-corrected chi connectivity index (χ2v) is 5.79. The lowest BCUT2D eigenvalue weighted by Crippen LogP contribution is -2.37. The molecule has 2 N–H and O–H groups in total. The summed E-state index contributed by atoms with van der Waals surface area (Å²) in [6.45, 7) is 5.34. The van der Waals surface area contributed by atoms with Crippen LogP contribution in [0.5, 0.6) is 5.75 Å². The van der Waals surface area contributed by atoms with E-state index in [-0.39, 0.29) is 31.0 Å². The Morgan fingerprint density at radius 1 is 1.52 bits per heavy atom. The monoisotopic (exact) mass is 332 g/mol. The second-order valence-electron chi connectivity index (χ2n) is 5.38. The number of hydrogen-bond acceptors (Lipinski definition) is 3. The fraction of sp³-hybridized carbons (Fsp3) is 0.533. The lowest BCUT2D eigenvalue weighted by Gasteiger charge is -2.22. The molecule has 2 atom stereocenters. The topological polar surface area (TPSA) is 55.6 Å². The molecule has 1 aliphatic heterocycles. The van der Waals surface area contributed by atoms with Gasteiger partial charge < -0.3 is 15.4 Å². The van der Waals surface area contributed by atoms with Crippen molar-refractivity contribution in [2.45, 2.75) is 26.3 Å². The van der Waals surface area contributed by atoms with Gasteiger partial charge >= 0.3 is 0 Å². The molecule has 1 aromatic carbocycles. The predicted octanol–water partition coefficient (Wildman–Crippen LogP) is 2.64. The number of rotatable bonds is 4. The van der Waals surface area contributed by atoms with Gasteiger partial charge in [-0.15, -0.1) is 12.4 Å². The highest BCUT2D eigenvalue weighted by atomic mass is 35.5. The maximum atomic E-state index is 12.2. The second kappa shape index (κ2) is 7.87. The maximum Gasteiger partial charge on any atom is 0.260 e.